The zero-order valence-electron chi connectivity index (χ0n) is 11.1. The smallest absolute Gasteiger partial charge is 0.284 e. The van der Waals surface area contributed by atoms with Gasteiger partial charge in [-0.25, -0.2) is 0 Å². The topological polar surface area (TPSA) is 58.1 Å². The molecule has 2 atom stereocenters. The molecule has 1 amide bonds. The van der Waals surface area contributed by atoms with Crippen molar-refractivity contribution in [3.05, 3.63) is 5.01 Å². The van der Waals surface area contributed by atoms with Crippen LogP contribution in [0.15, 0.2) is 0 Å². The van der Waals surface area contributed by atoms with Gasteiger partial charge in [0.05, 0.1) is 0 Å². The Bertz CT molecular complexity index is 420. The average Bonchev–Trinajstić information content (AvgIpc) is 2.87. The summed E-state index contributed by atoms with van der Waals surface area (Å²) in [5.41, 5.74) is 0. The third-order valence-corrected chi connectivity index (χ3v) is 4.13. The van der Waals surface area contributed by atoms with E-state index in [1.54, 1.807) is 4.90 Å². The minimum Gasteiger partial charge on any atom is -0.360 e. The Morgan fingerprint density at radius 2 is 2.28 bits per heavy atom. The fourth-order valence-corrected chi connectivity index (χ4v) is 2.63. The summed E-state index contributed by atoms with van der Waals surface area (Å²) in [5.74, 6) is 1.41. The molecule has 1 aromatic rings. The van der Waals surface area contributed by atoms with E-state index in [2.05, 4.69) is 29.4 Å². The van der Waals surface area contributed by atoms with E-state index in [9.17, 15) is 4.79 Å². The summed E-state index contributed by atoms with van der Waals surface area (Å²) in [7, 11) is 1.84. The third kappa shape index (κ3) is 3.19. The molecular formula is C12H20N4OS. The van der Waals surface area contributed by atoms with Gasteiger partial charge in [-0.3, -0.25) is 4.79 Å². The molecule has 1 heterocycles. The lowest BCUT2D eigenvalue weighted by Crippen LogP contribution is -2.29. The van der Waals surface area contributed by atoms with Crippen molar-refractivity contribution in [3.63, 3.8) is 0 Å². The summed E-state index contributed by atoms with van der Waals surface area (Å²) in [6, 6.07) is 0. The Labute approximate surface area is 112 Å². The molecule has 100 valence electrons. The first-order valence-electron chi connectivity index (χ1n) is 6.44. The number of hydrogen-bond acceptors (Lipinski definition) is 5. The molecule has 1 saturated carbocycles. The van der Waals surface area contributed by atoms with E-state index in [-0.39, 0.29) is 5.91 Å². The van der Waals surface area contributed by atoms with Crippen molar-refractivity contribution < 1.29 is 4.79 Å². The molecule has 2 rings (SSSR count). The second kappa shape index (κ2) is 5.65. The van der Waals surface area contributed by atoms with Gasteiger partial charge in [-0.15, -0.1) is 10.2 Å². The zero-order chi connectivity index (χ0) is 13.1. The molecule has 6 heteroatoms. The minimum absolute atomic E-state index is 0.0175. The van der Waals surface area contributed by atoms with Gasteiger partial charge in [-0.2, -0.15) is 0 Å². The number of anilines is 1. The molecule has 5 nitrogen and oxygen atoms in total. The predicted molar refractivity (Wildman–Crippen MR) is 72.9 cm³/mol. The fraction of sp³-hybridized carbons (Fsp3) is 0.750. The van der Waals surface area contributed by atoms with Crippen LogP contribution in [-0.2, 0) is 0 Å². The summed E-state index contributed by atoms with van der Waals surface area (Å²) >= 11 is 1.33. The first kappa shape index (κ1) is 13.3. The van der Waals surface area contributed by atoms with E-state index < -0.39 is 0 Å². The number of nitrogens with zero attached hydrogens (tertiary/aromatic N) is 3. The van der Waals surface area contributed by atoms with Crippen molar-refractivity contribution in [2.45, 2.75) is 26.7 Å². The molecule has 0 spiro atoms. The molecule has 1 fully saturated rings. The van der Waals surface area contributed by atoms with Crippen molar-refractivity contribution in [2.24, 2.45) is 11.8 Å². The van der Waals surface area contributed by atoms with E-state index >= 15 is 0 Å². The van der Waals surface area contributed by atoms with Crippen LogP contribution in [0.25, 0.3) is 0 Å². The first-order chi connectivity index (χ1) is 8.61. The number of carbonyl (C=O) groups excluding carboxylic acids is 1. The maximum atomic E-state index is 12.1. The molecule has 1 aromatic heterocycles. The van der Waals surface area contributed by atoms with Crippen LogP contribution in [0.3, 0.4) is 0 Å². The molecular weight excluding hydrogens is 248 g/mol. The standard InChI is InChI=1S/C12H20N4OS/c1-4-5-13-12-15-14-10(18-12)11(17)16(3)7-9-6-8(9)2/h8-9H,4-7H2,1-3H3,(H,13,15). The molecule has 0 radical (unpaired) electrons. The number of carbonyl (C=O) groups is 1. The van der Waals surface area contributed by atoms with Gasteiger partial charge in [0, 0.05) is 20.1 Å². The van der Waals surface area contributed by atoms with Gasteiger partial charge >= 0.3 is 0 Å². The Kier molecular flexibility index (Phi) is 4.16. The van der Waals surface area contributed by atoms with E-state index in [4.69, 9.17) is 0 Å². The van der Waals surface area contributed by atoms with Gasteiger partial charge < -0.3 is 10.2 Å². The first-order valence-corrected chi connectivity index (χ1v) is 7.26. The van der Waals surface area contributed by atoms with Crippen molar-refractivity contribution in [1.29, 1.82) is 0 Å². The summed E-state index contributed by atoms with van der Waals surface area (Å²) in [4.78, 5) is 13.9. The number of amides is 1. The third-order valence-electron chi connectivity index (χ3n) is 3.27. The van der Waals surface area contributed by atoms with Crippen molar-refractivity contribution in [3.8, 4) is 0 Å². The van der Waals surface area contributed by atoms with Crippen LogP contribution in [-0.4, -0.2) is 41.1 Å². The monoisotopic (exact) mass is 268 g/mol. The maximum absolute atomic E-state index is 12.1. The Morgan fingerprint density at radius 1 is 1.56 bits per heavy atom. The summed E-state index contributed by atoms with van der Waals surface area (Å²) in [5, 5.41) is 12.3. The molecule has 1 N–H and O–H groups in total. The zero-order valence-corrected chi connectivity index (χ0v) is 12.0. The van der Waals surface area contributed by atoms with Crippen LogP contribution in [0.4, 0.5) is 5.13 Å². The lowest BCUT2D eigenvalue weighted by Gasteiger charge is -2.14. The molecule has 0 saturated heterocycles. The molecule has 0 aliphatic heterocycles. The Balaban J connectivity index is 1.89. The minimum atomic E-state index is -0.0175. The van der Waals surface area contributed by atoms with Gasteiger partial charge in [0.2, 0.25) is 10.1 Å². The van der Waals surface area contributed by atoms with Gasteiger partial charge in [-0.1, -0.05) is 25.2 Å². The van der Waals surface area contributed by atoms with Gasteiger partial charge in [-0.05, 0) is 24.7 Å². The maximum Gasteiger partial charge on any atom is 0.284 e. The summed E-state index contributed by atoms with van der Waals surface area (Å²) in [6.45, 7) is 6.00. The van der Waals surface area contributed by atoms with Crippen molar-refractivity contribution in [1.82, 2.24) is 15.1 Å². The van der Waals surface area contributed by atoms with E-state index in [0.29, 0.717) is 10.9 Å². The number of hydrogen-bond donors (Lipinski definition) is 1. The fourth-order valence-electron chi connectivity index (χ4n) is 1.86. The molecule has 1 aliphatic carbocycles. The number of rotatable bonds is 6. The van der Waals surface area contributed by atoms with Crippen molar-refractivity contribution >= 4 is 22.4 Å². The van der Waals surface area contributed by atoms with Crippen LogP contribution < -0.4 is 5.32 Å². The molecule has 2 unspecified atom stereocenters. The molecule has 1 aliphatic rings. The molecule has 18 heavy (non-hydrogen) atoms. The van der Waals surface area contributed by atoms with Crippen molar-refractivity contribution in [2.75, 3.05) is 25.5 Å². The van der Waals surface area contributed by atoms with Gasteiger partial charge in [0.25, 0.3) is 5.91 Å². The predicted octanol–water partition coefficient (Wildman–Crippen LogP) is 2.09. The van der Waals surface area contributed by atoms with Crippen LogP contribution >= 0.6 is 11.3 Å². The second-order valence-corrected chi connectivity index (χ2v) is 5.98. The van der Waals surface area contributed by atoms with Crippen LogP contribution in [0.5, 0.6) is 0 Å². The van der Waals surface area contributed by atoms with Gasteiger partial charge in [0.1, 0.15) is 0 Å². The highest BCUT2D eigenvalue weighted by Gasteiger charge is 2.34. The Morgan fingerprint density at radius 3 is 2.89 bits per heavy atom. The van der Waals surface area contributed by atoms with E-state index in [1.807, 2.05) is 7.05 Å². The highest BCUT2D eigenvalue weighted by Crippen LogP contribution is 2.38. The summed E-state index contributed by atoms with van der Waals surface area (Å²) in [6.07, 6.45) is 2.26. The SMILES string of the molecule is CCCNc1nnc(C(=O)N(C)CC2CC2C)s1. The lowest BCUT2D eigenvalue weighted by molar-refractivity contribution is 0.0786. The second-order valence-electron chi connectivity index (χ2n) is 5.00. The quantitative estimate of drug-likeness (QED) is 0.858. The molecule has 0 bridgehead atoms. The van der Waals surface area contributed by atoms with Crippen LogP contribution in [0, 0.1) is 11.8 Å². The largest absolute Gasteiger partial charge is 0.360 e. The van der Waals surface area contributed by atoms with Gasteiger partial charge in [0.15, 0.2) is 0 Å². The number of aromatic nitrogens is 2. The normalized spacial score (nSPS) is 21.7. The lowest BCUT2D eigenvalue weighted by atomic mass is 10.3. The highest BCUT2D eigenvalue weighted by molar-refractivity contribution is 7.17. The van der Waals surface area contributed by atoms with E-state index in [0.717, 1.165) is 30.6 Å². The Hall–Kier alpha value is -1.17. The summed E-state index contributed by atoms with van der Waals surface area (Å²) < 4.78 is 0. The highest BCUT2D eigenvalue weighted by atomic mass is 32.1. The van der Waals surface area contributed by atoms with E-state index in [1.165, 1.54) is 17.8 Å². The molecule has 0 aromatic carbocycles. The number of nitrogens with one attached hydrogen (secondary N) is 1. The average molecular weight is 268 g/mol. The van der Waals surface area contributed by atoms with Crippen LogP contribution in [0.2, 0.25) is 0 Å². The van der Waals surface area contributed by atoms with Crippen LogP contribution in [0.1, 0.15) is 36.5 Å².